The Kier molecular flexibility index (Phi) is 4.76. The van der Waals surface area contributed by atoms with Crippen LogP contribution in [0.1, 0.15) is 18.2 Å². The van der Waals surface area contributed by atoms with E-state index in [0.29, 0.717) is 6.04 Å². The van der Waals surface area contributed by atoms with E-state index in [1.807, 2.05) is 24.4 Å². The zero-order chi connectivity index (χ0) is 17.9. The Morgan fingerprint density at radius 2 is 1.81 bits per heavy atom. The lowest BCUT2D eigenvalue weighted by molar-refractivity contribution is 0.219. The van der Waals surface area contributed by atoms with Crippen LogP contribution in [0.15, 0.2) is 60.8 Å². The first-order chi connectivity index (χ1) is 12.7. The summed E-state index contributed by atoms with van der Waals surface area (Å²) in [5.41, 5.74) is 4.96. The molecule has 1 unspecified atom stereocenters. The van der Waals surface area contributed by atoms with Crippen LogP contribution in [0, 0.1) is 6.92 Å². The minimum Gasteiger partial charge on any atom is -0.366 e. The van der Waals surface area contributed by atoms with Gasteiger partial charge in [0, 0.05) is 55.4 Å². The van der Waals surface area contributed by atoms with Crippen LogP contribution in [0.5, 0.6) is 0 Å². The van der Waals surface area contributed by atoms with E-state index < -0.39 is 0 Å². The predicted molar refractivity (Wildman–Crippen MR) is 107 cm³/mol. The number of benzene rings is 2. The molecule has 1 fully saturated rings. The Bertz CT molecular complexity index is 838. The fourth-order valence-corrected chi connectivity index (χ4v) is 3.72. The summed E-state index contributed by atoms with van der Waals surface area (Å²) < 4.78 is 0. The van der Waals surface area contributed by atoms with Crippen molar-refractivity contribution in [3.8, 4) is 11.4 Å². The van der Waals surface area contributed by atoms with E-state index >= 15 is 0 Å². The van der Waals surface area contributed by atoms with Gasteiger partial charge in [0.25, 0.3) is 0 Å². The highest BCUT2D eigenvalue weighted by atomic mass is 15.3. The smallest absolute Gasteiger partial charge is 0.137 e. The number of aromatic nitrogens is 2. The van der Waals surface area contributed by atoms with E-state index in [1.54, 1.807) is 0 Å². The average Bonchev–Trinajstić information content (AvgIpc) is 3.12. The third-order valence-electron chi connectivity index (χ3n) is 5.15. The summed E-state index contributed by atoms with van der Waals surface area (Å²) in [7, 11) is 0. The van der Waals surface area contributed by atoms with E-state index in [2.05, 4.69) is 70.0 Å². The molecule has 0 amide bonds. The Balaban J connectivity index is 1.39. The first-order valence-corrected chi connectivity index (χ1v) is 9.34. The van der Waals surface area contributed by atoms with Gasteiger partial charge >= 0.3 is 0 Å². The summed E-state index contributed by atoms with van der Waals surface area (Å²) in [5.74, 6) is 0.951. The van der Waals surface area contributed by atoms with E-state index in [-0.39, 0.29) is 0 Å². The van der Waals surface area contributed by atoms with Gasteiger partial charge in [0.15, 0.2) is 0 Å². The van der Waals surface area contributed by atoms with Gasteiger partial charge in [-0.1, -0.05) is 48.0 Å². The maximum Gasteiger partial charge on any atom is 0.137 e. The van der Waals surface area contributed by atoms with E-state index in [4.69, 9.17) is 0 Å². The molecule has 0 aliphatic carbocycles. The Hall–Kier alpha value is -2.59. The second-order valence-electron chi connectivity index (χ2n) is 7.24. The van der Waals surface area contributed by atoms with Crippen LogP contribution in [0.3, 0.4) is 0 Å². The van der Waals surface area contributed by atoms with Crippen molar-refractivity contribution in [2.45, 2.75) is 26.4 Å². The minimum absolute atomic E-state index is 0.503. The standard InChI is InChI=1S/C22H26N4/c1-17-8-10-21(11-9-17)26-13-12-25(15-18(26)2)16-20-14-23-22(24-20)19-6-4-3-5-7-19/h3-11,14,18H,12-13,15-16H2,1-2H3,(H,23,24). The van der Waals surface area contributed by atoms with Crippen LogP contribution >= 0.6 is 0 Å². The fraction of sp³-hybridized carbons (Fsp3) is 0.318. The fourth-order valence-electron chi connectivity index (χ4n) is 3.72. The van der Waals surface area contributed by atoms with Gasteiger partial charge in [-0.2, -0.15) is 0 Å². The van der Waals surface area contributed by atoms with Gasteiger partial charge in [0.1, 0.15) is 5.82 Å². The third kappa shape index (κ3) is 3.65. The number of hydrogen-bond donors (Lipinski definition) is 1. The van der Waals surface area contributed by atoms with Crippen molar-refractivity contribution in [1.29, 1.82) is 0 Å². The van der Waals surface area contributed by atoms with Crippen molar-refractivity contribution in [3.63, 3.8) is 0 Å². The number of rotatable bonds is 4. The molecular formula is C22H26N4. The van der Waals surface area contributed by atoms with Gasteiger partial charge in [0.05, 0.1) is 0 Å². The molecule has 134 valence electrons. The molecule has 3 aromatic rings. The Morgan fingerprint density at radius 3 is 2.54 bits per heavy atom. The normalized spacial score (nSPS) is 18.2. The van der Waals surface area contributed by atoms with Crippen molar-refractivity contribution >= 4 is 5.69 Å². The summed E-state index contributed by atoms with van der Waals surface area (Å²) >= 11 is 0. The molecule has 4 rings (SSSR count). The zero-order valence-corrected chi connectivity index (χ0v) is 15.5. The molecule has 1 N–H and O–H groups in total. The molecule has 1 aromatic heterocycles. The highest BCUT2D eigenvalue weighted by Crippen LogP contribution is 2.22. The number of aryl methyl sites for hydroxylation is 1. The highest BCUT2D eigenvalue weighted by Gasteiger charge is 2.24. The van der Waals surface area contributed by atoms with Gasteiger partial charge in [-0.3, -0.25) is 4.90 Å². The number of hydrogen-bond acceptors (Lipinski definition) is 3. The van der Waals surface area contributed by atoms with Gasteiger partial charge in [-0.15, -0.1) is 0 Å². The second kappa shape index (κ2) is 7.34. The summed E-state index contributed by atoms with van der Waals surface area (Å²) in [6.45, 7) is 8.56. The molecule has 0 bridgehead atoms. The molecule has 0 radical (unpaired) electrons. The van der Waals surface area contributed by atoms with Crippen LogP contribution in [-0.2, 0) is 6.54 Å². The summed E-state index contributed by atoms with van der Waals surface area (Å²) in [6.07, 6.45) is 1.97. The first-order valence-electron chi connectivity index (χ1n) is 9.34. The second-order valence-corrected chi connectivity index (χ2v) is 7.24. The molecule has 1 atom stereocenters. The molecule has 0 spiro atoms. The lowest BCUT2D eigenvalue weighted by Gasteiger charge is -2.41. The SMILES string of the molecule is Cc1ccc(N2CCN(Cc3cnc(-c4ccccc4)[nH]3)CC2C)cc1. The monoisotopic (exact) mass is 346 g/mol. The van der Waals surface area contributed by atoms with Crippen molar-refractivity contribution in [3.05, 3.63) is 72.1 Å². The minimum atomic E-state index is 0.503. The number of H-pyrrole nitrogens is 1. The molecule has 2 aromatic carbocycles. The predicted octanol–water partition coefficient (Wildman–Crippen LogP) is 4.10. The number of nitrogens with one attached hydrogen (secondary N) is 1. The molecule has 1 aliphatic heterocycles. The van der Waals surface area contributed by atoms with Crippen LogP contribution in [0.25, 0.3) is 11.4 Å². The van der Waals surface area contributed by atoms with Crippen molar-refractivity contribution in [2.75, 3.05) is 24.5 Å². The van der Waals surface area contributed by atoms with Crippen molar-refractivity contribution in [1.82, 2.24) is 14.9 Å². The van der Waals surface area contributed by atoms with E-state index in [1.165, 1.54) is 16.9 Å². The van der Waals surface area contributed by atoms with Gasteiger partial charge in [0.2, 0.25) is 0 Å². The van der Waals surface area contributed by atoms with Crippen molar-refractivity contribution < 1.29 is 0 Å². The van der Waals surface area contributed by atoms with Crippen molar-refractivity contribution in [2.24, 2.45) is 0 Å². The number of piperazine rings is 1. The van der Waals surface area contributed by atoms with Gasteiger partial charge < -0.3 is 9.88 Å². The molecule has 4 nitrogen and oxygen atoms in total. The summed E-state index contributed by atoms with van der Waals surface area (Å²) in [5, 5.41) is 0. The highest BCUT2D eigenvalue weighted by molar-refractivity contribution is 5.54. The number of aromatic amines is 1. The lowest BCUT2D eigenvalue weighted by atomic mass is 10.1. The maximum atomic E-state index is 4.55. The number of nitrogens with zero attached hydrogens (tertiary/aromatic N) is 3. The molecule has 4 heteroatoms. The van der Waals surface area contributed by atoms with Gasteiger partial charge in [-0.05, 0) is 26.0 Å². The molecule has 0 saturated carbocycles. The molecule has 1 saturated heterocycles. The van der Waals surface area contributed by atoms with Crippen LogP contribution in [0.4, 0.5) is 5.69 Å². The van der Waals surface area contributed by atoms with E-state index in [9.17, 15) is 0 Å². The first kappa shape index (κ1) is 16.9. The molecular weight excluding hydrogens is 320 g/mol. The number of anilines is 1. The van der Waals surface area contributed by atoms with Crippen LogP contribution in [0.2, 0.25) is 0 Å². The van der Waals surface area contributed by atoms with Crippen LogP contribution in [-0.4, -0.2) is 40.5 Å². The quantitative estimate of drug-likeness (QED) is 0.772. The van der Waals surface area contributed by atoms with Crippen LogP contribution < -0.4 is 4.90 Å². The third-order valence-corrected chi connectivity index (χ3v) is 5.15. The number of imidazole rings is 1. The van der Waals surface area contributed by atoms with Gasteiger partial charge in [-0.25, -0.2) is 4.98 Å². The maximum absolute atomic E-state index is 4.55. The van der Waals surface area contributed by atoms with E-state index in [0.717, 1.165) is 37.6 Å². The molecule has 1 aliphatic rings. The lowest BCUT2D eigenvalue weighted by Crippen LogP contribution is -2.51. The largest absolute Gasteiger partial charge is 0.366 e. The Morgan fingerprint density at radius 1 is 1.04 bits per heavy atom. The Labute approximate surface area is 155 Å². The zero-order valence-electron chi connectivity index (χ0n) is 15.5. The summed E-state index contributed by atoms with van der Waals surface area (Å²) in [6, 6.07) is 19.7. The summed E-state index contributed by atoms with van der Waals surface area (Å²) in [4.78, 5) is 13.0. The molecule has 2 heterocycles. The topological polar surface area (TPSA) is 35.2 Å². The average molecular weight is 346 g/mol. The molecule has 26 heavy (non-hydrogen) atoms.